The zero-order valence-corrected chi connectivity index (χ0v) is 10.8. The van der Waals surface area contributed by atoms with Crippen molar-refractivity contribution in [3.8, 4) is 0 Å². The van der Waals surface area contributed by atoms with Gasteiger partial charge in [-0.15, -0.1) is 0 Å². The van der Waals surface area contributed by atoms with E-state index in [2.05, 4.69) is 0 Å². The molecule has 88 valence electrons. The highest BCUT2D eigenvalue weighted by molar-refractivity contribution is 5.92. The van der Waals surface area contributed by atoms with E-state index >= 15 is 0 Å². The summed E-state index contributed by atoms with van der Waals surface area (Å²) < 4.78 is 0. The maximum Gasteiger partial charge on any atom is 0.159 e. The van der Waals surface area contributed by atoms with Gasteiger partial charge in [0, 0.05) is 5.92 Å². The molecule has 0 saturated heterocycles. The first-order valence-corrected chi connectivity index (χ1v) is 5.47. The Labute approximate surface area is 93.4 Å². The molecule has 0 aromatic rings. The molecular formula is C13H24O2. The maximum atomic E-state index is 11.9. The van der Waals surface area contributed by atoms with Crippen LogP contribution in [-0.2, 0) is 4.79 Å². The first-order valence-electron chi connectivity index (χ1n) is 5.47. The Kier molecular flexibility index (Phi) is 4.72. The predicted molar refractivity (Wildman–Crippen MR) is 63.7 cm³/mol. The van der Waals surface area contributed by atoms with E-state index in [0.29, 0.717) is 6.42 Å². The van der Waals surface area contributed by atoms with Crippen LogP contribution >= 0.6 is 0 Å². The number of hydrogen-bond acceptors (Lipinski definition) is 2. The lowest BCUT2D eigenvalue weighted by atomic mass is 9.73. The molecule has 15 heavy (non-hydrogen) atoms. The fourth-order valence-corrected chi connectivity index (χ4v) is 1.61. The smallest absolute Gasteiger partial charge is 0.159 e. The van der Waals surface area contributed by atoms with E-state index in [1.165, 1.54) is 0 Å². The number of carbonyl (C=O) groups excluding carboxylic acids is 1. The van der Waals surface area contributed by atoms with Crippen LogP contribution in [0.4, 0.5) is 0 Å². The fraction of sp³-hybridized carbons (Fsp3) is 0.769. The molecular weight excluding hydrogens is 188 g/mol. The Morgan fingerprint density at radius 3 is 2.00 bits per heavy atom. The fourth-order valence-electron chi connectivity index (χ4n) is 1.61. The molecule has 0 amide bonds. The summed E-state index contributed by atoms with van der Waals surface area (Å²) in [5.41, 5.74) is -0.911. The Morgan fingerprint density at radius 2 is 1.73 bits per heavy atom. The molecule has 0 aliphatic rings. The summed E-state index contributed by atoms with van der Waals surface area (Å²) in [6.07, 6.45) is 3.85. The van der Waals surface area contributed by atoms with Crippen molar-refractivity contribution in [3.63, 3.8) is 0 Å². The molecule has 1 N–H and O–H groups in total. The largest absolute Gasteiger partial charge is 0.390 e. The van der Waals surface area contributed by atoms with Gasteiger partial charge >= 0.3 is 0 Å². The molecule has 1 unspecified atom stereocenters. The minimum Gasteiger partial charge on any atom is -0.390 e. The van der Waals surface area contributed by atoms with Crippen molar-refractivity contribution < 1.29 is 9.90 Å². The highest BCUT2D eigenvalue weighted by atomic mass is 16.3. The molecule has 0 fully saturated rings. The van der Waals surface area contributed by atoms with Gasteiger partial charge in [0.05, 0.1) is 5.60 Å². The highest BCUT2D eigenvalue weighted by Crippen LogP contribution is 2.33. The third kappa shape index (κ3) is 5.73. The molecule has 0 rings (SSSR count). The Balaban J connectivity index is 4.84. The first-order chi connectivity index (χ1) is 6.58. The van der Waals surface area contributed by atoms with E-state index in [1.54, 1.807) is 26.0 Å². The van der Waals surface area contributed by atoms with Crippen molar-refractivity contribution in [2.24, 2.45) is 11.3 Å². The molecule has 0 aliphatic carbocycles. The Bertz CT molecular complexity index is 238. The van der Waals surface area contributed by atoms with Crippen LogP contribution in [0.5, 0.6) is 0 Å². The van der Waals surface area contributed by atoms with Crippen LogP contribution in [0.2, 0.25) is 0 Å². The summed E-state index contributed by atoms with van der Waals surface area (Å²) in [7, 11) is 0. The number of rotatable bonds is 4. The lowest BCUT2D eigenvalue weighted by molar-refractivity contribution is -0.124. The van der Waals surface area contributed by atoms with E-state index in [-0.39, 0.29) is 17.1 Å². The molecule has 0 radical (unpaired) electrons. The van der Waals surface area contributed by atoms with Crippen LogP contribution in [0.3, 0.4) is 0 Å². The third-order valence-corrected chi connectivity index (χ3v) is 2.42. The van der Waals surface area contributed by atoms with Gasteiger partial charge < -0.3 is 5.11 Å². The molecule has 0 spiro atoms. The van der Waals surface area contributed by atoms with Gasteiger partial charge in [0.25, 0.3) is 0 Å². The lowest BCUT2D eigenvalue weighted by Gasteiger charge is -2.33. The minimum atomic E-state index is -0.796. The molecule has 1 atom stereocenters. The summed E-state index contributed by atoms with van der Waals surface area (Å²) in [4.78, 5) is 11.9. The second-order valence-electron chi connectivity index (χ2n) is 5.84. The van der Waals surface area contributed by atoms with Gasteiger partial charge in [0.2, 0.25) is 0 Å². The molecule has 2 nitrogen and oxygen atoms in total. The van der Waals surface area contributed by atoms with Crippen LogP contribution < -0.4 is 0 Å². The summed E-state index contributed by atoms with van der Waals surface area (Å²) in [6.45, 7) is 11.4. The summed E-state index contributed by atoms with van der Waals surface area (Å²) in [5.74, 6) is -0.0270. The minimum absolute atomic E-state index is 0.104. The average molecular weight is 212 g/mol. The molecule has 0 heterocycles. The monoisotopic (exact) mass is 212 g/mol. The second kappa shape index (κ2) is 4.93. The van der Waals surface area contributed by atoms with Gasteiger partial charge in [-0.05, 0) is 38.7 Å². The number of allylic oxidation sites excluding steroid dienone is 2. The van der Waals surface area contributed by atoms with Gasteiger partial charge in [-0.3, -0.25) is 4.79 Å². The van der Waals surface area contributed by atoms with Crippen molar-refractivity contribution in [2.75, 3.05) is 0 Å². The van der Waals surface area contributed by atoms with Crippen molar-refractivity contribution in [1.29, 1.82) is 0 Å². The molecule has 0 aliphatic heterocycles. The van der Waals surface area contributed by atoms with E-state index in [4.69, 9.17) is 0 Å². The zero-order chi connectivity index (χ0) is 12.3. The van der Waals surface area contributed by atoms with Crippen LogP contribution in [0.15, 0.2) is 12.2 Å². The summed E-state index contributed by atoms with van der Waals surface area (Å²) in [5, 5.41) is 9.79. The summed E-state index contributed by atoms with van der Waals surface area (Å²) in [6, 6.07) is 0. The summed E-state index contributed by atoms with van der Waals surface area (Å²) >= 11 is 0. The SMILES string of the molecule is C/C=C/C(=O)C(CC(C)(C)O)C(C)(C)C. The van der Waals surface area contributed by atoms with Crippen molar-refractivity contribution in [1.82, 2.24) is 0 Å². The number of aliphatic hydroxyl groups is 1. The van der Waals surface area contributed by atoms with E-state index in [1.807, 2.05) is 27.7 Å². The van der Waals surface area contributed by atoms with Gasteiger partial charge in [-0.25, -0.2) is 0 Å². The van der Waals surface area contributed by atoms with Crippen molar-refractivity contribution in [3.05, 3.63) is 12.2 Å². The van der Waals surface area contributed by atoms with Gasteiger partial charge in [-0.2, -0.15) is 0 Å². The van der Waals surface area contributed by atoms with Gasteiger partial charge in [-0.1, -0.05) is 26.8 Å². The standard InChI is InChI=1S/C13H24O2/c1-7-8-11(14)10(12(2,3)4)9-13(5,6)15/h7-8,10,15H,9H2,1-6H3/b8-7+. The highest BCUT2D eigenvalue weighted by Gasteiger charge is 2.33. The molecule has 0 aromatic heterocycles. The first kappa shape index (κ1) is 14.4. The predicted octanol–water partition coefficient (Wildman–Crippen LogP) is 2.95. The molecule has 0 saturated carbocycles. The normalized spacial score (nSPS) is 15.7. The Hall–Kier alpha value is -0.630. The average Bonchev–Trinajstić information content (AvgIpc) is 1.97. The van der Waals surface area contributed by atoms with E-state index in [0.717, 1.165) is 0 Å². The van der Waals surface area contributed by atoms with Crippen LogP contribution in [0, 0.1) is 11.3 Å². The van der Waals surface area contributed by atoms with Gasteiger partial charge in [0.15, 0.2) is 5.78 Å². The van der Waals surface area contributed by atoms with Gasteiger partial charge in [0.1, 0.15) is 0 Å². The van der Waals surface area contributed by atoms with Crippen LogP contribution in [-0.4, -0.2) is 16.5 Å². The maximum absolute atomic E-state index is 11.9. The Morgan fingerprint density at radius 1 is 1.27 bits per heavy atom. The number of carbonyl (C=O) groups is 1. The van der Waals surface area contributed by atoms with Crippen LogP contribution in [0.25, 0.3) is 0 Å². The number of hydrogen-bond donors (Lipinski definition) is 1. The second-order valence-corrected chi connectivity index (χ2v) is 5.84. The molecule has 2 heteroatoms. The van der Waals surface area contributed by atoms with E-state index in [9.17, 15) is 9.90 Å². The topological polar surface area (TPSA) is 37.3 Å². The quantitative estimate of drug-likeness (QED) is 0.727. The van der Waals surface area contributed by atoms with E-state index < -0.39 is 5.60 Å². The molecule has 0 bridgehead atoms. The van der Waals surface area contributed by atoms with Crippen molar-refractivity contribution >= 4 is 5.78 Å². The number of ketones is 1. The third-order valence-electron chi connectivity index (χ3n) is 2.42. The van der Waals surface area contributed by atoms with Crippen LogP contribution in [0.1, 0.15) is 48.0 Å². The molecule has 0 aromatic carbocycles. The van der Waals surface area contributed by atoms with Crippen molar-refractivity contribution in [2.45, 2.75) is 53.6 Å². The lowest BCUT2D eigenvalue weighted by Crippen LogP contribution is -2.35. The zero-order valence-electron chi connectivity index (χ0n) is 10.8.